The van der Waals surface area contributed by atoms with E-state index in [1.165, 1.54) is 12.3 Å². The second-order valence-corrected chi connectivity index (χ2v) is 4.75. The number of aliphatic hydroxyl groups is 1. The molecule has 0 fully saturated rings. The van der Waals surface area contributed by atoms with Crippen LogP contribution in [-0.2, 0) is 0 Å². The zero-order valence-corrected chi connectivity index (χ0v) is 10.1. The zero-order valence-electron chi connectivity index (χ0n) is 10.1. The van der Waals surface area contributed by atoms with Crippen LogP contribution in [0.5, 0.6) is 0 Å². The Kier molecular flexibility index (Phi) is 2.92. The number of hydrogen-bond acceptors (Lipinski definition) is 5. The van der Waals surface area contributed by atoms with Crippen LogP contribution < -0.4 is 5.32 Å². The van der Waals surface area contributed by atoms with Gasteiger partial charge in [0.05, 0.1) is 22.2 Å². The van der Waals surface area contributed by atoms with Crippen molar-refractivity contribution in [2.75, 3.05) is 11.9 Å². The van der Waals surface area contributed by atoms with Gasteiger partial charge in [0.15, 0.2) is 0 Å². The first kappa shape index (κ1) is 12.3. The minimum absolute atomic E-state index is 0.0341. The highest BCUT2D eigenvalue weighted by atomic mass is 16.6. The van der Waals surface area contributed by atoms with Gasteiger partial charge < -0.3 is 10.4 Å². The van der Waals surface area contributed by atoms with E-state index in [2.05, 4.69) is 15.5 Å². The number of anilines is 1. The number of nitrogens with zero attached hydrogens (tertiary/aromatic N) is 2. The van der Waals surface area contributed by atoms with Crippen LogP contribution in [0.15, 0.2) is 18.3 Å². The molecule has 1 heterocycles. The lowest BCUT2D eigenvalue weighted by Crippen LogP contribution is -2.29. The molecule has 1 aromatic heterocycles. The van der Waals surface area contributed by atoms with Crippen LogP contribution >= 0.6 is 0 Å². The van der Waals surface area contributed by atoms with Crippen molar-refractivity contribution >= 4 is 22.3 Å². The molecule has 96 valence electrons. The van der Waals surface area contributed by atoms with Gasteiger partial charge >= 0.3 is 0 Å². The molecule has 2 aromatic rings. The number of nitro benzene ring substituents is 1. The predicted molar refractivity (Wildman–Crippen MR) is 67.5 cm³/mol. The fourth-order valence-corrected chi connectivity index (χ4v) is 1.58. The molecule has 0 aliphatic heterocycles. The van der Waals surface area contributed by atoms with Gasteiger partial charge in [0.2, 0.25) is 0 Å². The number of hydrogen-bond donors (Lipinski definition) is 3. The fourth-order valence-electron chi connectivity index (χ4n) is 1.58. The molecule has 0 aliphatic carbocycles. The van der Waals surface area contributed by atoms with E-state index >= 15 is 0 Å². The molecule has 0 aliphatic rings. The standard InChI is InChI=1S/C11H14N4O3/c1-11(2,16)6-12-9-4-8-7(5-13-14-8)3-10(9)15(17)18/h3-5,12,16H,6H2,1-2H3,(H,13,14). The minimum Gasteiger partial charge on any atom is -0.389 e. The van der Waals surface area contributed by atoms with Crippen LogP contribution in [0.25, 0.3) is 10.9 Å². The summed E-state index contributed by atoms with van der Waals surface area (Å²) in [6.07, 6.45) is 1.53. The summed E-state index contributed by atoms with van der Waals surface area (Å²) in [4.78, 5) is 10.5. The SMILES string of the molecule is CC(C)(O)CNc1cc2[nH]ncc2cc1[N+](=O)[O-]. The van der Waals surface area contributed by atoms with Crippen LogP contribution in [0.1, 0.15) is 13.8 Å². The zero-order chi connectivity index (χ0) is 13.3. The number of nitrogens with one attached hydrogen (secondary N) is 2. The third-order valence-electron chi connectivity index (χ3n) is 2.46. The molecular weight excluding hydrogens is 236 g/mol. The van der Waals surface area contributed by atoms with E-state index < -0.39 is 10.5 Å². The average Bonchev–Trinajstić information content (AvgIpc) is 2.70. The van der Waals surface area contributed by atoms with Gasteiger partial charge in [-0.25, -0.2) is 0 Å². The summed E-state index contributed by atoms with van der Waals surface area (Å²) in [6, 6.07) is 3.07. The Morgan fingerprint density at radius 2 is 2.28 bits per heavy atom. The summed E-state index contributed by atoms with van der Waals surface area (Å²) in [6.45, 7) is 3.47. The van der Waals surface area contributed by atoms with E-state index in [1.54, 1.807) is 19.9 Å². The molecule has 0 amide bonds. The van der Waals surface area contributed by atoms with Gasteiger partial charge in [-0.2, -0.15) is 5.10 Å². The van der Waals surface area contributed by atoms with E-state index in [0.29, 0.717) is 16.6 Å². The van der Waals surface area contributed by atoms with Crippen molar-refractivity contribution in [3.05, 3.63) is 28.4 Å². The summed E-state index contributed by atoms with van der Waals surface area (Å²) >= 11 is 0. The Labute approximate surface area is 103 Å². The lowest BCUT2D eigenvalue weighted by molar-refractivity contribution is -0.383. The first-order chi connectivity index (χ1) is 8.37. The highest BCUT2D eigenvalue weighted by Gasteiger charge is 2.19. The maximum Gasteiger partial charge on any atom is 0.293 e. The Balaban J connectivity index is 2.39. The molecule has 0 spiro atoms. The number of fused-ring (bicyclic) bond motifs is 1. The molecule has 0 bridgehead atoms. The Morgan fingerprint density at radius 3 is 2.89 bits per heavy atom. The Bertz CT molecular complexity index is 585. The normalized spacial score (nSPS) is 11.7. The molecule has 3 N–H and O–H groups in total. The topological polar surface area (TPSA) is 104 Å². The van der Waals surface area contributed by atoms with E-state index in [-0.39, 0.29) is 12.2 Å². The first-order valence-electron chi connectivity index (χ1n) is 5.44. The number of nitro groups is 1. The number of H-pyrrole nitrogens is 1. The van der Waals surface area contributed by atoms with Crippen LogP contribution in [-0.4, -0.2) is 32.4 Å². The van der Waals surface area contributed by atoms with Crippen molar-refractivity contribution in [2.24, 2.45) is 0 Å². The summed E-state index contributed by atoms with van der Waals surface area (Å²) in [5.41, 5.74) is 0.0856. The molecule has 18 heavy (non-hydrogen) atoms. The maximum absolute atomic E-state index is 11.0. The second-order valence-electron chi connectivity index (χ2n) is 4.75. The molecule has 0 atom stereocenters. The van der Waals surface area contributed by atoms with Gasteiger partial charge in [0, 0.05) is 18.0 Å². The van der Waals surface area contributed by atoms with Crippen molar-refractivity contribution in [3.8, 4) is 0 Å². The smallest absolute Gasteiger partial charge is 0.293 e. The third-order valence-corrected chi connectivity index (χ3v) is 2.46. The van der Waals surface area contributed by atoms with Crippen LogP contribution in [0.3, 0.4) is 0 Å². The molecule has 7 nitrogen and oxygen atoms in total. The van der Waals surface area contributed by atoms with Gasteiger partial charge in [-0.05, 0) is 19.9 Å². The Hall–Kier alpha value is -2.15. The number of aromatic amines is 1. The van der Waals surface area contributed by atoms with E-state index in [0.717, 1.165) is 0 Å². The number of benzene rings is 1. The molecule has 0 saturated heterocycles. The van der Waals surface area contributed by atoms with Gasteiger partial charge in [0.1, 0.15) is 5.69 Å². The van der Waals surface area contributed by atoms with Crippen LogP contribution in [0, 0.1) is 10.1 Å². The maximum atomic E-state index is 11.0. The van der Waals surface area contributed by atoms with Crippen molar-refractivity contribution < 1.29 is 10.0 Å². The summed E-state index contributed by atoms with van der Waals surface area (Å²) in [7, 11) is 0. The molecule has 1 aromatic carbocycles. The van der Waals surface area contributed by atoms with Gasteiger partial charge in [-0.15, -0.1) is 0 Å². The third kappa shape index (κ3) is 2.57. The quantitative estimate of drug-likeness (QED) is 0.565. The molecule has 0 unspecified atom stereocenters. The Morgan fingerprint density at radius 1 is 1.56 bits per heavy atom. The molecular formula is C11H14N4O3. The van der Waals surface area contributed by atoms with Crippen molar-refractivity contribution in [1.29, 1.82) is 0 Å². The average molecular weight is 250 g/mol. The summed E-state index contributed by atoms with van der Waals surface area (Å²) < 4.78 is 0. The van der Waals surface area contributed by atoms with Crippen molar-refractivity contribution in [2.45, 2.75) is 19.4 Å². The molecule has 0 saturated carbocycles. The van der Waals surface area contributed by atoms with Crippen molar-refractivity contribution in [3.63, 3.8) is 0 Å². The lowest BCUT2D eigenvalue weighted by Gasteiger charge is -2.18. The summed E-state index contributed by atoms with van der Waals surface area (Å²) in [5.74, 6) is 0. The van der Waals surface area contributed by atoms with Gasteiger partial charge in [-0.3, -0.25) is 15.2 Å². The first-order valence-corrected chi connectivity index (χ1v) is 5.44. The highest BCUT2D eigenvalue weighted by Crippen LogP contribution is 2.29. The number of rotatable bonds is 4. The van der Waals surface area contributed by atoms with Gasteiger partial charge in [-0.1, -0.05) is 0 Å². The molecule has 2 rings (SSSR count). The lowest BCUT2D eigenvalue weighted by atomic mass is 10.1. The second kappa shape index (κ2) is 4.26. The van der Waals surface area contributed by atoms with E-state index in [1.807, 2.05) is 0 Å². The predicted octanol–water partition coefficient (Wildman–Crippen LogP) is 1.65. The van der Waals surface area contributed by atoms with Gasteiger partial charge in [0.25, 0.3) is 5.69 Å². The fraction of sp³-hybridized carbons (Fsp3) is 0.364. The molecule has 0 radical (unpaired) electrons. The minimum atomic E-state index is -0.948. The summed E-state index contributed by atoms with van der Waals surface area (Å²) in [5, 5.41) is 30.7. The van der Waals surface area contributed by atoms with Crippen LogP contribution in [0.2, 0.25) is 0 Å². The van der Waals surface area contributed by atoms with E-state index in [4.69, 9.17) is 0 Å². The number of aromatic nitrogens is 2. The highest BCUT2D eigenvalue weighted by molar-refractivity contribution is 5.86. The molecule has 7 heteroatoms. The largest absolute Gasteiger partial charge is 0.389 e. The van der Waals surface area contributed by atoms with Crippen molar-refractivity contribution in [1.82, 2.24) is 10.2 Å². The van der Waals surface area contributed by atoms with Crippen LogP contribution in [0.4, 0.5) is 11.4 Å². The monoisotopic (exact) mass is 250 g/mol. The van der Waals surface area contributed by atoms with E-state index in [9.17, 15) is 15.2 Å².